The van der Waals surface area contributed by atoms with Gasteiger partial charge in [0.1, 0.15) is 12.4 Å². The standard InChI is InChI=1S/C13H19NO/c1-4-10-15-12-8-6-11(7-9-12)13(5-2)14-3/h4,6-9,13-14H,1,5,10H2,2-3H3. The highest BCUT2D eigenvalue weighted by Crippen LogP contribution is 2.19. The van der Waals surface area contributed by atoms with Gasteiger partial charge in [-0.25, -0.2) is 0 Å². The van der Waals surface area contributed by atoms with E-state index >= 15 is 0 Å². The molecule has 1 aromatic rings. The third kappa shape index (κ3) is 3.40. The minimum absolute atomic E-state index is 0.429. The van der Waals surface area contributed by atoms with Crippen molar-refractivity contribution in [2.45, 2.75) is 19.4 Å². The Bertz CT molecular complexity index is 288. The molecule has 1 atom stereocenters. The molecule has 1 rings (SSSR count). The number of nitrogens with one attached hydrogen (secondary N) is 1. The van der Waals surface area contributed by atoms with Crippen molar-refractivity contribution < 1.29 is 4.74 Å². The van der Waals surface area contributed by atoms with Crippen molar-refractivity contribution in [1.82, 2.24) is 5.32 Å². The SMILES string of the molecule is C=CCOc1ccc(C(CC)NC)cc1. The summed E-state index contributed by atoms with van der Waals surface area (Å²) in [5.41, 5.74) is 1.30. The van der Waals surface area contributed by atoms with E-state index in [0.29, 0.717) is 12.6 Å². The molecule has 15 heavy (non-hydrogen) atoms. The lowest BCUT2D eigenvalue weighted by molar-refractivity contribution is 0.363. The fourth-order valence-electron chi connectivity index (χ4n) is 1.56. The Labute approximate surface area is 92.0 Å². The summed E-state index contributed by atoms with van der Waals surface area (Å²) in [6, 6.07) is 8.63. The van der Waals surface area contributed by atoms with E-state index in [1.54, 1.807) is 6.08 Å². The van der Waals surface area contributed by atoms with Crippen LogP contribution in [0, 0.1) is 0 Å². The molecule has 2 heteroatoms. The molecule has 0 spiro atoms. The predicted molar refractivity (Wildman–Crippen MR) is 64.2 cm³/mol. The first-order valence-electron chi connectivity index (χ1n) is 5.32. The van der Waals surface area contributed by atoms with E-state index in [0.717, 1.165) is 12.2 Å². The monoisotopic (exact) mass is 205 g/mol. The zero-order valence-corrected chi connectivity index (χ0v) is 9.49. The fraction of sp³-hybridized carbons (Fsp3) is 0.385. The summed E-state index contributed by atoms with van der Waals surface area (Å²) in [7, 11) is 1.98. The zero-order valence-electron chi connectivity index (χ0n) is 9.49. The zero-order chi connectivity index (χ0) is 11.1. The van der Waals surface area contributed by atoms with Crippen molar-refractivity contribution in [3.05, 3.63) is 42.5 Å². The van der Waals surface area contributed by atoms with E-state index in [1.165, 1.54) is 5.56 Å². The lowest BCUT2D eigenvalue weighted by Crippen LogP contribution is -2.14. The minimum atomic E-state index is 0.429. The van der Waals surface area contributed by atoms with E-state index < -0.39 is 0 Å². The first-order valence-corrected chi connectivity index (χ1v) is 5.32. The lowest BCUT2D eigenvalue weighted by Gasteiger charge is -2.14. The maximum Gasteiger partial charge on any atom is 0.119 e. The Morgan fingerprint density at radius 3 is 2.53 bits per heavy atom. The lowest BCUT2D eigenvalue weighted by atomic mass is 10.1. The van der Waals surface area contributed by atoms with Crippen LogP contribution < -0.4 is 10.1 Å². The van der Waals surface area contributed by atoms with Gasteiger partial charge in [0.05, 0.1) is 0 Å². The van der Waals surface area contributed by atoms with Gasteiger partial charge in [0, 0.05) is 6.04 Å². The molecule has 82 valence electrons. The molecule has 0 heterocycles. The van der Waals surface area contributed by atoms with Crippen molar-refractivity contribution in [3.63, 3.8) is 0 Å². The van der Waals surface area contributed by atoms with Crippen LogP contribution >= 0.6 is 0 Å². The van der Waals surface area contributed by atoms with Gasteiger partial charge in [-0.05, 0) is 31.2 Å². The topological polar surface area (TPSA) is 21.3 Å². The van der Waals surface area contributed by atoms with Crippen LogP contribution in [0.5, 0.6) is 5.75 Å². The molecule has 1 aromatic carbocycles. The van der Waals surface area contributed by atoms with Crippen molar-refractivity contribution in [1.29, 1.82) is 0 Å². The molecule has 2 nitrogen and oxygen atoms in total. The molecule has 1 unspecified atom stereocenters. The molecule has 0 amide bonds. The first-order chi connectivity index (χ1) is 7.31. The normalized spacial score (nSPS) is 12.1. The largest absolute Gasteiger partial charge is 0.490 e. The average molecular weight is 205 g/mol. The molecule has 0 aliphatic rings. The average Bonchev–Trinajstić information content (AvgIpc) is 2.29. The maximum absolute atomic E-state index is 5.42. The van der Waals surface area contributed by atoms with Crippen LogP contribution in [0.4, 0.5) is 0 Å². The number of benzene rings is 1. The summed E-state index contributed by atoms with van der Waals surface area (Å²) in [5, 5.41) is 3.27. The third-order valence-electron chi connectivity index (χ3n) is 2.41. The Morgan fingerprint density at radius 1 is 1.40 bits per heavy atom. The van der Waals surface area contributed by atoms with Crippen LogP contribution in [-0.4, -0.2) is 13.7 Å². The van der Waals surface area contributed by atoms with E-state index in [9.17, 15) is 0 Å². The molecule has 0 bridgehead atoms. The second-order valence-electron chi connectivity index (χ2n) is 3.42. The number of hydrogen-bond donors (Lipinski definition) is 1. The number of ether oxygens (including phenoxy) is 1. The van der Waals surface area contributed by atoms with Gasteiger partial charge in [-0.15, -0.1) is 0 Å². The summed E-state index contributed by atoms with van der Waals surface area (Å²) in [6.07, 6.45) is 2.83. The molecule has 0 fully saturated rings. The molecule has 0 aliphatic carbocycles. The highest BCUT2D eigenvalue weighted by Gasteiger charge is 2.05. The van der Waals surface area contributed by atoms with Gasteiger partial charge in [-0.2, -0.15) is 0 Å². The molecule has 0 saturated heterocycles. The van der Waals surface area contributed by atoms with E-state index in [1.807, 2.05) is 19.2 Å². The minimum Gasteiger partial charge on any atom is -0.490 e. The van der Waals surface area contributed by atoms with Crippen molar-refractivity contribution in [2.24, 2.45) is 0 Å². The van der Waals surface area contributed by atoms with E-state index in [-0.39, 0.29) is 0 Å². The Kier molecular flexibility index (Phi) is 4.91. The van der Waals surface area contributed by atoms with Gasteiger partial charge < -0.3 is 10.1 Å². The van der Waals surface area contributed by atoms with Crippen LogP contribution in [0.25, 0.3) is 0 Å². The summed E-state index contributed by atoms with van der Waals surface area (Å²) >= 11 is 0. The predicted octanol–water partition coefficient (Wildman–Crippen LogP) is 2.92. The third-order valence-corrected chi connectivity index (χ3v) is 2.41. The summed E-state index contributed by atoms with van der Waals surface area (Å²) in [6.45, 7) is 6.34. The van der Waals surface area contributed by atoms with Gasteiger partial charge >= 0.3 is 0 Å². The Hall–Kier alpha value is -1.28. The van der Waals surface area contributed by atoms with E-state index in [4.69, 9.17) is 4.74 Å². The van der Waals surface area contributed by atoms with Crippen LogP contribution in [0.3, 0.4) is 0 Å². The summed E-state index contributed by atoms with van der Waals surface area (Å²) in [4.78, 5) is 0. The smallest absolute Gasteiger partial charge is 0.119 e. The molecule has 0 radical (unpaired) electrons. The maximum atomic E-state index is 5.42. The van der Waals surface area contributed by atoms with Crippen molar-refractivity contribution >= 4 is 0 Å². The van der Waals surface area contributed by atoms with Gasteiger partial charge in [-0.1, -0.05) is 31.7 Å². The fourth-order valence-corrected chi connectivity index (χ4v) is 1.56. The number of hydrogen-bond acceptors (Lipinski definition) is 2. The second-order valence-corrected chi connectivity index (χ2v) is 3.42. The van der Waals surface area contributed by atoms with Crippen LogP contribution in [0.2, 0.25) is 0 Å². The summed E-state index contributed by atoms with van der Waals surface area (Å²) in [5.74, 6) is 0.893. The molecular weight excluding hydrogens is 186 g/mol. The van der Waals surface area contributed by atoms with Crippen LogP contribution in [0.1, 0.15) is 24.9 Å². The summed E-state index contributed by atoms with van der Waals surface area (Å²) < 4.78 is 5.42. The molecular formula is C13H19NO. The Balaban J connectivity index is 2.66. The van der Waals surface area contributed by atoms with E-state index in [2.05, 4.69) is 31.0 Å². The molecule has 1 N–H and O–H groups in total. The number of rotatable bonds is 6. The molecule has 0 aromatic heterocycles. The highest BCUT2D eigenvalue weighted by atomic mass is 16.5. The van der Waals surface area contributed by atoms with Gasteiger partial charge in [0.2, 0.25) is 0 Å². The van der Waals surface area contributed by atoms with Gasteiger partial charge in [0.25, 0.3) is 0 Å². The molecule has 0 saturated carbocycles. The first kappa shape index (κ1) is 11.8. The van der Waals surface area contributed by atoms with Crippen molar-refractivity contribution in [2.75, 3.05) is 13.7 Å². The van der Waals surface area contributed by atoms with Crippen LogP contribution in [-0.2, 0) is 0 Å². The molecule has 0 aliphatic heterocycles. The highest BCUT2D eigenvalue weighted by molar-refractivity contribution is 5.29. The van der Waals surface area contributed by atoms with Gasteiger partial charge in [0.15, 0.2) is 0 Å². The van der Waals surface area contributed by atoms with Crippen molar-refractivity contribution in [3.8, 4) is 5.75 Å². The van der Waals surface area contributed by atoms with Gasteiger partial charge in [-0.3, -0.25) is 0 Å². The van der Waals surface area contributed by atoms with Crippen LogP contribution in [0.15, 0.2) is 36.9 Å². The second kappa shape index (κ2) is 6.25. The Morgan fingerprint density at radius 2 is 2.07 bits per heavy atom. The quantitative estimate of drug-likeness (QED) is 0.721.